The van der Waals surface area contributed by atoms with Crippen LogP contribution in [-0.2, 0) is 14.3 Å². The minimum Gasteiger partial charge on any atom is -0.391 e. The Morgan fingerprint density at radius 3 is 2.64 bits per heavy atom. The highest BCUT2D eigenvalue weighted by Gasteiger charge is 2.58. The highest BCUT2D eigenvalue weighted by atomic mass is 79.9. The van der Waals surface area contributed by atoms with Crippen LogP contribution in [0.25, 0.3) is 0 Å². The van der Waals surface area contributed by atoms with E-state index in [1.54, 1.807) is 12.2 Å². The molecule has 2 aliphatic rings. The van der Waals surface area contributed by atoms with Gasteiger partial charge in [-0.2, -0.15) is 0 Å². The van der Waals surface area contributed by atoms with Crippen LogP contribution in [-0.4, -0.2) is 16.3 Å². The molecule has 0 saturated carbocycles. The van der Waals surface area contributed by atoms with Crippen LogP contribution in [0, 0.1) is 5.92 Å². The molecule has 0 amide bonds. The zero-order valence-corrected chi connectivity index (χ0v) is 11.3. The van der Waals surface area contributed by atoms with Gasteiger partial charge < -0.3 is 4.74 Å². The van der Waals surface area contributed by atoms with E-state index >= 15 is 0 Å². The van der Waals surface area contributed by atoms with Gasteiger partial charge in [0.05, 0.1) is 0 Å². The number of ether oxygens (including phenoxy) is 1. The minimum atomic E-state index is -1.09. The van der Waals surface area contributed by atoms with Gasteiger partial charge in [-0.15, -0.1) is 0 Å². The maximum atomic E-state index is 11.5. The Morgan fingerprint density at radius 2 is 2.00 bits per heavy atom. The van der Waals surface area contributed by atoms with Crippen LogP contribution in [0.3, 0.4) is 0 Å². The predicted octanol–water partition coefficient (Wildman–Crippen LogP) is 2.39. The van der Waals surface area contributed by atoms with Gasteiger partial charge in [0.15, 0.2) is 4.32 Å². The van der Waals surface area contributed by atoms with Crippen molar-refractivity contribution in [2.45, 2.75) is 4.32 Å². The van der Waals surface area contributed by atoms with E-state index in [0.717, 1.165) is 4.48 Å². The summed E-state index contributed by atoms with van der Waals surface area (Å²) < 4.78 is 4.78. The van der Waals surface area contributed by atoms with E-state index < -0.39 is 22.2 Å². The lowest BCUT2D eigenvalue weighted by Gasteiger charge is -2.24. The summed E-state index contributed by atoms with van der Waals surface area (Å²) in [6.45, 7) is 0. The summed E-state index contributed by atoms with van der Waals surface area (Å²) in [5.41, 5.74) is 0. The van der Waals surface area contributed by atoms with Gasteiger partial charge in [-0.1, -0.05) is 44.0 Å². The molecule has 0 radical (unpaired) electrons. The molecule has 0 bridgehead atoms. The van der Waals surface area contributed by atoms with Gasteiger partial charge in [-0.25, -0.2) is 4.79 Å². The number of halogens is 3. The molecule has 14 heavy (non-hydrogen) atoms. The fraction of sp³-hybridized carbons (Fsp3) is 0.250. The molecule has 0 spiro atoms. The monoisotopic (exact) mass is 384 g/mol. The number of cyclic esters (lactones) is 2. The average molecular weight is 387 g/mol. The van der Waals surface area contributed by atoms with Crippen molar-refractivity contribution in [3.8, 4) is 0 Å². The van der Waals surface area contributed by atoms with Crippen LogP contribution >= 0.6 is 47.8 Å². The van der Waals surface area contributed by atoms with E-state index in [4.69, 9.17) is 0 Å². The van der Waals surface area contributed by atoms with E-state index in [-0.39, 0.29) is 0 Å². The fourth-order valence-corrected chi connectivity index (χ4v) is 3.29. The summed E-state index contributed by atoms with van der Waals surface area (Å²) in [5, 5.41) is 0. The standard InChI is InChI=1S/C8H3Br3O3/c9-4-2-1-3-6(12)14-7(13)8(3,11)5(4)10/h1-3H. The first-order valence-corrected chi connectivity index (χ1v) is 6.05. The SMILES string of the molecule is O=C1OC(=O)C2(Br)C(Br)=C(Br)C=CC12. The van der Waals surface area contributed by atoms with Gasteiger partial charge in [0.1, 0.15) is 5.92 Å². The Balaban J connectivity index is 2.60. The van der Waals surface area contributed by atoms with Crippen molar-refractivity contribution in [1.82, 2.24) is 0 Å². The molecular formula is C8H3Br3O3. The number of hydrogen-bond acceptors (Lipinski definition) is 3. The Morgan fingerprint density at radius 1 is 1.36 bits per heavy atom. The molecule has 3 nitrogen and oxygen atoms in total. The molecule has 74 valence electrons. The van der Waals surface area contributed by atoms with Crippen LogP contribution in [0.4, 0.5) is 0 Å². The van der Waals surface area contributed by atoms with E-state index in [0.29, 0.717) is 4.48 Å². The second-order valence-electron chi connectivity index (χ2n) is 2.92. The molecule has 1 fully saturated rings. The van der Waals surface area contributed by atoms with Crippen LogP contribution in [0.1, 0.15) is 0 Å². The number of rotatable bonds is 0. The van der Waals surface area contributed by atoms with Crippen molar-refractivity contribution in [3.05, 3.63) is 21.1 Å². The van der Waals surface area contributed by atoms with E-state index in [1.165, 1.54) is 0 Å². The third-order valence-electron chi connectivity index (χ3n) is 2.14. The zero-order valence-electron chi connectivity index (χ0n) is 6.59. The predicted molar refractivity (Wildman–Crippen MR) is 60.3 cm³/mol. The molecule has 0 N–H and O–H groups in total. The average Bonchev–Trinajstić information content (AvgIpc) is 2.34. The van der Waals surface area contributed by atoms with Crippen molar-refractivity contribution in [2.75, 3.05) is 0 Å². The first kappa shape index (κ1) is 10.6. The number of hydrogen-bond donors (Lipinski definition) is 0. The quantitative estimate of drug-likeness (QED) is 0.365. The molecule has 0 aromatic heterocycles. The molecular weight excluding hydrogens is 384 g/mol. The molecule has 2 unspecified atom stereocenters. The van der Waals surface area contributed by atoms with Crippen LogP contribution in [0.2, 0.25) is 0 Å². The van der Waals surface area contributed by atoms with E-state index in [2.05, 4.69) is 52.5 Å². The summed E-state index contributed by atoms with van der Waals surface area (Å²) in [5.74, 6) is -1.70. The number of carbonyl (C=O) groups is 2. The maximum Gasteiger partial charge on any atom is 0.336 e. The van der Waals surface area contributed by atoms with Crippen molar-refractivity contribution in [3.63, 3.8) is 0 Å². The number of esters is 2. The molecule has 1 heterocycles. The third-order valence-corrected chi connectivity index (χ3v) is 6.13. The van der Waals surface area contributed by atoms with Gasteiger partial charge in [0, 0.05) is 8.96 Å². The van der Waals surface area contributed by atoms with E-state index in [9.17, 15) is 9.59 Å². The lowest BCUT2D eigenvalue weighted by molar-refractivity contribution is -0.152. The molecule has 0 aromatic rings. The van der Waals surface area contributed by atoms with Crippen LogP contribution in [0.5, 0.6) is 0 Å². The molecule has 0 aromatic carbocycles. The summed E-state index contributed by atoms with van der Waals surface area (Å²) in [6, 6.07) is 0. The molecule has 6 heteroatoms. The zero-order chi connectivity index (χ0) is 10.5. The number of allylic oxidation sites excluding steroid dienone is 2. The minimum absolute atomic E-state index is 0.528. The summed E-state index contributed by atoms with van der Waals surface area (Å²) >= 11 is 9.79. The number of carbonyl (C=O) groups excluding carboxylic acids is 2. The Hall–Kier alpha value is 0.0600. The molecule has 1 aliphatic carbocycles. The van der Waals surface area contributed by atoms with Crippen molar-refractivity contribution < 1.29 is 14.3 Å². The molecule has 2 rings (SSSR count). The van der Waals surface area contributed by atoms with Crippen molar-refractivity contribution in [1.29, 1.82) is 0 Å². The third kappa shape index (κ3) is 1.20. The van der Waals surface area contributed by atoms with Gasteiger partial charge in [-0.3, -0.25) is 4.79 Å². The highest BCUT2D eigenvalue weighted by Crippen LogP contribution is 2.50. The summed E-state index contributed by atoms with van der Waals surface area (Å²) in [6.07, 6.45) is 3.35. The number of fused-ring (bicyclic) bond motifs is 1. The molecule has 2 atom stereocenters. The summed E-state index contributed by atoms with van der Waals surface area (Å²) in [4.78, 5) is 22.8. The highest BCUT2D eigenvalue weighted by molar-refractivity contribution is 9.15. The van der Waals surface area contributed by atoms with Gasteiger partial charge in [0.2, 0.25) is 0 Å². The van der Waals surface area contributed by atoms with Crippen LogP contribution in [0.15, 0.2) is 21.1 Å². The number of alkyl halides is 1. The lowest BCUT2D eigenvalue weighted by atomic mass is 9.90. The summed E-state index contributed by atoms with van der Waals surface area (Å²) in [7, 11) is 0. The van der Waals surface area contributed by atoms with Crippen molar-refractivity contribution >= 4 is 59.7 Å². The van der Waals surface area contributed by atoms with Crippen LogP contribution < -0.4 is 0 Å². The van der Waals surface area contributed by atoms with Crippen molar-refractivity contribution in [2.24, 2.45) is 5.92 Å². The Labute approximate surface area is 105 Å². The normalized spacial score (nSPS) is 36.1. The largest absolute Gasteiger partial charge is 0.391 e. The second-order valence-corrected chi connectivity index (χ2v) is 5.82. The Kier molecular flexibility index (Phi) is 2.48. The van der Waals surface area contributed by atoms with Gasteiger partial charge >= 0.3 is 11.9 Å². The lowest BCUT2D eigenvalue weighted by Crippen LogP contribution is -2.36. The first-order valence-electron chi connectivity index (χ1n) is 3.67. The van der Waals surface area contributed by atoms with E-state index in [1.807, 2.05) is 0 Å². The smallest absolute Gasteiger partial charge is 0.336 e. The molecule has 1 aliphatic heterocycles. The van der Waals surface area contributed by atoms with Gasteiger partial charge in [-0.05, 0) is 15.9 Å². The fourth-order valence-electron chi connectivity index (χ4n) is 1.38. The first-order chi connectivity index (χ1) is 6.48. The topological polar surface area (TPSA) is 43.4 Å². The molecule has 1 saturated heterocycles. The van der Waals surface area contributed by atoms with Gasteiger partial charge in [0.25, 0.3) is 0 Å². The second kappa shape index (κ2) is 3.28. The Bertz CT molecular complexity index is 399. The maximum absolute atomic E-state index is 11.5.